The highest BCUT2D eigenvalue weighted by molar-refractivity contribution is 5.89. The van der Waals surface area contributed by atoms with Crippen molar-refractivity contribution in [2.75, 3.05) is 0 Å². The van der Waals surface area contributed by atoms with Crippen LogP contribution in [0.2, 0.25) is 0 Å². The van der Waals surface area contributed by atoms with Gasteiger partial charge in [-0.2, -0.15) is 0 Å². The highest BCUT2D eigenvalue weighted by atomic mass is 16.3. The Bertz CT molecular complexity index is 1190. The molecule has 2 aromatic heterocycles. The molecule has 5 aromatic rings. The minimum atomic E-state index is -0.0720. The summed E-state index contributed by atoms with van der Waals surface area (Å²) in [6.07, 6.45) is 4.14. The Hall–Kier alpha value is -3.46. The van der Waals surface area contributed by atoms with Crippen molar-refractivity contribution in [1.29, 1.82) is 0 Å². The zero-order valence-corrected chi connectivity index (χ0v) is 15.0. The van der Waals surface area contributed by atoms with E-state index in [1.807, 2.05) is 37.3 Å². The summed E-state index contributed by atoms with van der Waals surface area (Å²) >= 11 is 0. The maximum atomic E-state index is 10.9. The molecule has 2 heterocycles. The van der Waals surface area contributed by atoms with E-state index in [1.165, 1.54) is 10.8 Å². The molecule has 3 N–H and O–H groups in total. The van der Waals surface area contributed by atoms with E-state index in [2.05, 4.69) is 58.8 Å². The summed E-state index contributed by atoms with van der Waals surface area (Å²) in [6, 6.07) is 22.6. The number of benzene rings is 3. The lowest BCUT2D eigenvalue weighted by Crippen LogP contribution is -2.03. The van der Waals surface area contributed by atoms with Gasteiger partial charge in [-0.3, -0.25) is 0 Å². The molecule has 0 saturated carbocycles. The van der Waals surface area contributed by atoms with Crippen molar-refractivity contribution in [3.8, 4) is 5.75 Å². The van der Waals surface area contributed by atoms with Gasteiger partial charge in [0.1, 0.15) is 5.75 Å². The fraction of sp³-hybridized carbons (Fsp3) is 0.0833. The molecule has 0 fully saturated rings. The van der Waals surface area contributed by atoms with Crippen molar-refractivity contribution in [2.45, 2.75) is 12.8 Å². The number of aryl methyl sites for hydroxylation is 1. The number of H-pyrrole nitrogens is 2. The quantitative estimate of drug-likeness (QED) is 0.375. The smallest absolute Gasteiger partial charge is 0.122 e. The van der Waals surface area contributed by atoms with Crippen LogP contribution >= 0.6 is 0 Å². The van der Waals surface area contributed by atoms with Crippen LogP contribution in [0.15, 0.2) is 79.1 Å². The molecule has 0 radical (unpaired) electrons. The Balaban J connectivity index is 1.84. The van der Waals surface area contributed by atoms with Crippen molar-refractivity contribution in [3.63, 3.8) is 0 Å². The van der Waals surface area contributed by atoms with Gasteiger partial charge in [-0.15, -0.1) is 0 Å². The number of hydrogen-bond acceptors (Lipinski definition) is 1. The van der Waals surface area contributed by atoms with Gasteiger partial charge in [-0.05, 0) is 35.7 Å². The van der Waals surface area contributed by atoms with E-state index < -0.39 is 0 Å². The predicted octanol–water partition coefficient (Wildman–Crippen LogP) is 5.84. The molecule has 0 aliphatic heterocycles. The number of aromatic amines is 2. The van der Waals surface area contributed by atoms with E-state index >= 15 is 0 Å². The van der Waals surface area contributed by atoms with E-state index in [0.717, 1.165) is 33.3 Å². The average Bonchev–Trinajstić information content (AvgIpc) is 3.31. The number of hydrogen-bond donors (Lipinski definition) is 3. The number of aromatic nitrogens is 2. The summed E-state index contributed by atoms with van der Waals surface area (Å²) < 4.78 is 0. The van der Waals surface area contributed by atoms with Gasteiger partial charge in [0.2, 0.25) is 0 Å². The Kier molecular flexibility index (Phi) is 3.54. The molecule has 0 amide bonds. The Morgan fingerprint density at radius 3 is 1.81 bits per heavy atom. The van der Waals surface area contributed by atoms with Crippen LogP contribution in [-0.2, 0) is 0 Å². The lowest BCUT2D eigenvalue weighted by Gasteiger charge is -2.19. The summed E-state index contributed by atoms with van der Waals surface area (Å²) in [6.45, 7) is 1.94. The molecule has 0 atom stereocenters. The molecule has 5 rings (SSSR count). The first kappa shape index (κ1) is 15.8. The lowest BCUT2D eigenvalue weighted by molar-refractivity contribution is 0.463. The van der Waals surface area contributed by atoms with Gasteiger partial charge in [0.05, 0.1) is 0 Å². The molecular formula is C24H20N2O. The van der Waals surface area contributed by atoms with Crippen LogP contribution in [0.3, 0.4) is 0 Å². The second-order valence-corrected chi connectivity index (χ2v) is 7.02. The fourth-order valence-electron chi connectivity index (χ4n) is 4.08. The van der Waals surface area contributed by atoms with Crippen LogP contribution < -0.4 is 0 Å². The van der Waals surface area contributed by atoms with E-state index in [9.17, 15) is 5.11 Å². The molecule has 3 heteroatoms. The van der Waals surface area contributed by atoms with E-state index in [-0.39, 0.29) is 5.92 Å². The van der Waals surface area contributed by atoms with E-state index in [4.69, 9.17) is 0 Å². The second kappa shape index (κ2) is 6.06. The minimum Gasteiger partial charge on any atom is -0.507 e. The summed E-state index contributed by atoms with van der Waals surface area (Å²) in [5, 5.41) is 13.2. The highest BCUT2D eigenvalue weighted by Crippen LogP contribution is 2.43. The molecule has 0 aliphatic carbocycles. The normalized spacial score (nSPS) is 11.6. The number of phenolic OH excluding ortho intramolecular Hbond substituents is 1. The van der Waals surface area contributed by atoms with Gasteiger partial charge in [-0.1, -0.05) is 54.6 Å². The molecule has 3 nitrogen and oxygen atoms in total. The number of para-hydroxylation sites is 3. The van der Waals surface area contributed by atoms with Gasteiger partial charge in [0.15, 0.2) is 0 Å². The van der Waals surface area contributed by atoms with Crippen LogP contribution in [-0.4, -0.2) is 15.1 Å². The van der Waals surface area contributed by atoms with E-state index in [1.54, 1.807) is 0 Å². The largest absolute Gasteiger partial charge is 0.507 e. The monoisotopic (exact) mass is 352 g/mol. The SMILES string of the molecule is Cc1cccc(C(c2c[nH]c3ccccc23)c2c[nH]c3ccccc23)c1O. The van der Waals surface area contributed by atoms with Crippen molar-refractivity contribution < 1.29 is 5.11 Å². The van der Waals surface area contributed by atoms with Crippen LogP contribution in [0.1, 0.15) is 28.2 Å². The van der Waals surface area contributed by atoms with Crippen molar-refractivity contribution in [2.24, 2.45) is 0 Å². The van der Waals surface area contributed by atoms with Crippen molar-refractivity contribution in [1.82, 2.24) is 9.97 Å². The molecule has 132 valence electrons. The second-order valence-electron chi connectivity index (χ2n) is 7.02. The zero-order valence-electron chi connectivity index (χ0n) is 15.0. The molecule has 3 aromatic carbocycles. The number of nitrogens with one attached hydrogen (secondary N) is 2. The molecule has 27 heavy (non-hydrogen) atoms. The van der Waals surface area contributed by atoms with Gasteiger partial charge in [0.25, 0.3) is 0 Å². The van der Waals surface area contributed by atoms with Crippen LogP contribution in [0.25, 0.3) is 21.8 Å². The Morgan fingerprint density at radius 1 is 0.667 bits per heavy atom. The van der Waals surface area contributed by atoms with Crippen molar-refractivity contribution in [3.05, 3.63) is 101 Å². The van der Waals surface area contributed by atoms with Gasteiger partial charge >= 0.3 is 0 Å². The maximum absolute atomic E-state index is 10.9. The van der Waals surface area contributed by atoms with E-state index in [0.29, 0.717) is 5.75 Å². The molecule has 0 aliphatic rings. The third-order valence-electron chi connectivity index (χ3n) is 5.44. The molecule has 0 bridgehead atoms. The number of phenols is 1. The van der Waals surface area contributed by atoms with Gasteiger partial charge < -0.3 is 15.1 Å². The fourth-order valence-corrected chi connectivity index (χ4v) is 4.08. The number of aromatic hydroxyl groups is 1. The third-order valence-corrected chi connectivity index (χ3v) is 5.44. The molecule has 0 saturated heterocycles. The summed E-state index contributed by atoms with van der Waals surface area (Å²) in [7, 11) is 0. The summed E-state index contributed by atoms with van der Waals surface area (Å²) in [4.78, 5) is 6.78. The first-order valence-electron chi connectivity index (χ1n) is 9.14. The zero-order chi connectivity index (χ0) is 18.4. The predicted molar refractivity (Wildman–Crippen MR) is 110 cm³/mol. The average molecular weight is 352 g/mol. The van der Waals surface area contributed by atoms with Crippen LogP contribution in [0.4, 0.5) is 0 Å². The van der Waals surface area contributed by atoms with Gasteiger partial charge in [-0.25, -0.2) is 0 Å². The maximum Gasteiger partial charge on any atom is 0.122 e. The first-order valence-corrected chi connectivity index (χ1v) is 9.14. The molecular weight excluding hydrogens is 332 g/mol. The van der Waals surface area contributed by atoms with Gasteiger partial charge in [0, 0.05) is 45.7 Å². The standard InChI is InChI=1S/C24H20N2O/c1-15-7-6-10-18(24(15)27)23(19-13-25-21-11-4-2-8-16(19)21)20-14-26-22-12-5-3-9-17(20)22/h2-14,23,25-27H,1H3. The lowest BCUT2D eigenvalue weighted by atomic mass is 9.83. The number of rotatable bonds is 3. The first-order chi connectivity index (χ1) is 13.2. The minimum absolute atomic E-state index is 0.0720. The topological polar surface area (TPSA) is 51.8 Å². The highest BCUT2D eigenvalue weighted by Gasteiger charge is 2.25. The Labute approximate surface area is 157 Å². The summed E-state index contributed by atoms with van der Waals surface area (Å²) in [5.74, 6) is 0.287. The van der Waals surface area contributed by atoms with Crippen LogP contribution in [0.5, 0.6) is 5.75 Å². The third kappa shape index (κ3) is 2.43. The summed E-state index contributed by atoms with van der Waals surface area (Å²) in [5.41, 5.74) is 6.34. The molecule has 0 unspecified atom stereocenters. The number of fused-ring (bicyclic) bond motifs is 2. The Morgan fingerprint density at radius 2 is 1.22 bits per heavy atom. The van der Waals surface area contributed by atoms with Crippen LogP contribution in [0, 0.1) is 6.92 Å². The molecule has 0 spiro atoms. The van der Waals surface area contributed by atoms with Crippen molar-refractivity contribution >= 4 is 21.8 Å².